The predicted octanol–water partition coefficient (Wildman–Crippen LogP) is 4.83. The van der Waals surface area contributed by atoms with Crippen LogP contribution in [0, 0.1) is 18.7 Å². The minimum absolute atomic E-state index is 0.0134. The smallest absolute Gasteiger partial charge is 0.263 e. The Morgan fingerprint density at radius 2 is 1.77 bits per heavy atom. The third-order valence-corrected chi connectivity index (χ3v) is 5.90. The summed E-state index contributed by atoms with van der Waals surface area (Å²) in [7, 11) is 0. The van der Waals surface area contributed by atoms with Crippen molar-refractivity contribution in [2.75, 3.05) is 0 Å². The number of thiazole rings is 1. The summed E-state index contributed by atoms with van der Waals surface area (Å²) in [6.45, 7) is 5.70. The molecule has 0 saturated heterocycles. The first kappa shape index (κ1) is 20.8. The van der Waals surface area contributed by atoms with Crippen LogP contribution in [0.25, 0.3) is 22.0 Å². The highest BCUT2D eigenvalue weighted by atomic mass is 32.1. The predicted molar refractivity (Wildman–Crippen MR) is 115 cm³/mol. The van der Waals surface area contributed by atoms with E-state index in [2.05, 4.69) is 25.4 Å². The standard InChI is InChI=1S/C22H20FN5O2S/c1-12(2)17(21-27-19(28-30-21)14-8-10-24-11-9-14)26-20(29)18-13(3)25-22(31-18)15-4-6-16(23)7-5-15/h4-12,17H,1-3H3,(H,26,29). The third kappa shape index (κ3) is 4.51. The van der Waals surface area contributed by atoms with Crippen LogP contribution in [0.2, 0.25) is 0 Å². The molecule has 0 spiro atoms. The minimum Gasteiger partial charge on any atom is -0.339 e. The van der Waals surface area contributed by atoms with Gasteiger partial charge in [-0.3, -0.25) is 9.78 Å². The number of hydrogen-bond acceptors (Lipinski definition) is 7. The van der Waals surface area contributed by atoms with E-state index in [-0.39, 0.29) is 17.6 Å². The largest absolute Gasteiger partial charge is 0.339 e. The van der Waals surface area contributed by atoms with Gasteiger partial charge in [0, 0.05) is 23.5 Å². The number of benzene rings is 1. The van der Waals surface area contributed by atoms with E-state index in [9.17, 15) is 9.18 Å². The average molecular weight is 438 g/mol. The fourth-order valence-electron chi connectivity index (χ4n) is 3.02. The molecule has 0 aliphatic rings. The van der Waals surface area contributed by atoms with Crippen molar-refractivity contribution >= 4 is 17.2 Å². The first-order valence-corrected chi connectivity index (χ1v) is 10.5. The van der Waals surface area contributed by atoms with Crippen LogP contribution in [0.5, 0.6) is 0 Å². The minimum atomic E-state index is -0.466. The van der Waals surface area contributed by atoms with Gasteiger partial charge >= 0.3 is 0 Å². The highest BCUT2D eigenvalue weighted by molar-refractivity contribution is 7.17. The number of halogens is 1. The zero-order chi connectivity index (χ0) is 22.0. The van der Waals surface area contributed by atoms with Crippen LogP contribution in [-0.4, -0.2) is 26.0 Å². The molecule has 0 fully saturated rings. The molecule has 9 heteroatoms. The van der Waals surface area contributed by atoms with Gasteiger partial charge in [0.2, 0.25) is 11.7 Å². The summed E-state index contributed by atoms with van der Waals surface area (Å²) in [6.07, 6.45) is 3.30. The lowest BCUT2D eigenvalue weighted by atomic mass is 10.0. The number of rotatable bonds is 6. The van der Waals surface area contributed by atoms with E-state index in [1.54, 1.807) is 43.6 Å². The van der Waals surface area contributed by atoms with Crippen LogP contribution in [0.4, 0.5) is 4.39 Å². The van der Waals surface area contributed by atoms with Gasteiger partial charge < -0.3 is 9.84 Å². The fourth-order valence-corrected chi connectivity index (χ4v) is 4.00. The van der Waals surface area contributed by atoms with Gasteiger partial charge in [-0.1, -0.05) is 19.0 Å². The van der Waals surface area contributed by atoms with Crippen molar-refractivity contribution in [3.05, 3.63) is 71.1 Å². The van der Waals surface area contributed by atoms with E-state index in [0.29, 0.717) is 27.3 Å². The van der Waals surface area contributed by atoms with Gasteiger partial charge in [-0.05, 0) is 49.2 Å². The van der Waals surface area contributed by atoms with Crippen molar-refractivity contribution in [2.24, 2.45) is 5.92 Å². The lowest BCUT2D eigenvalue weighted by Crippen LogP contribution is -2.31. The SMILES string of the molecule is Cc1nc(-c2ccc(F)cc2)sc1C(=O)NC(c1nc(-c2ccncc2)no1)C(C)C. The Balaban J connectivity index is 1.56. The molecule has 0 aliphatic carbocycles. The van der Waals surface area contributed by atoms with Crippen molar-refractivity contribution < 1.29 is 13.7 Å². The van der Waals surface area contributed by atoms with Crippen LogP contribution in [0.3, 0.4) is 0 Å². The van der Waals surface area contributed by atoms with Gasteiger partial charge in [0.15, 0.2) is 0 Å². The van der Waals surface area contributed by atoms with Crippen LogP contribution in [0.15, 0.2) is 53.3 Å². The lowest BCUT2D eigenvalue weighted by Gasteiger charge is -2.18. The molecule has 31 heavy (non-hydrogen) atoms. The Hall–Kier alpha value is -3.46. The Kier molecular flexibility index (Phi) is 5.85. The van der Waals surface area contributed by atoms with E-state index in [4.69, 9.17) is 4.52 Å². The number of carbonyl (C=O) groups is 1. The number of hydrogen-bond donors (Lipinski definition) is 1. The number of carbonyl (C=O) groups excluding carboxylic acids is 1. The summed E-state index contributed by atoms with van der Waals surface area (Å²) in [4.78, 5) is 26.4. The summed E-state index contributed by atoms with van der Waals surface area (Å²) in [6, 6.07) is 9.14. The molecule has 4 aromatic rings. The van der Waals surface area contributed by atoms with E-state index in [1.165, 1.54) is 23.5 Å². The third-order valence-electron chi connectivity index (χ3n) is 4.69. The highest BCUT2D eigenvalue weighted by Crippen LogP contribution is 2.29. The Bertz CT molecular complexity index is 1190. The monoisotopic (exact) mass is 437 g/mol. The fraction of sp³-hybridized carbons (Fsp3) is 0.227. The topological polar surface area (TPSA) is 93.8 Å². The van der Waals surface area contributed by atoms with E-state index >= 15 is 0 Å². The second-order valence-corrected chi connectivity index (χ2v) is 8.33. The van der Waals surface area contributed by atoms with Gasteiger partial charge in [0.1, 0.15) is 21.7 Å². The normalized spacial score (nSPS) is 12.2. The zero-order valence-corrected chi connectivity index (χ0v) is 18.0. The number of amides is 1. The molecule has 0 bridgehead atoms. The molecule has 0 aliphatic heterocycles. The molecular formula is C22H20FN5O2S. The summed E-state index contributed by atoms with van der Waals surface area (Å²) >= 11 is 1.26. The first-order valence-electron chi connectivity index (χ1n) is 9.70. The second-order valence-electron chi connectivity index (χ2n) is 7.33. The quantitative estimate of drug-likeness (QED) is 0.464. The molecule has 0 saturated carbocycles. The second kappa shape index (κ2) is 8.73. The molecule has 4 rings (SSSR count). The maximum absolute atomic E-state index is 13.2. The first-order chi connectivity index (χ1) is 14.9. The average Bonchev–Trinajstić information content (AvgIpc) is 3.40. The lowest BCUT2D eigenvalue weighted by molar-refractivity contribution is 0.0917. The maximum atomic E-state index is 13.2. The zero-order valence-electron chi connectivity index (χ0n) is 17.2. The van der Waals surface area contributed by atoms with Crippen LogP contribution in [0.1, 0.15) is 41.1 Å². The van der Waals surface area contributed by atoms with Crippen molar-refractivity contribution in [1.82, 2.24) is 25.4 Å². The van der Waals surface area contributed by atoms with Gasteiger partial charge in [0.25, 0.3) is 5.91 Å². The molecule has 1 unspecified atom stereocenters. The molecule has 1 N–H and O–H groups in total. The van der Waals surface area contributed by atoms with Gasteiger partial charge in [0.05, 0.1) is 5.69 Å². The maximum Gasteiger partial charge on any atom is 0.263 e. The van der Waals surface area contributed by atoms with Crippen molar-refractivity contribution in [3.63, 3.8) is 0 Å². The Morgan fingerprint density at radius 1 is 1.06 bits per heavy atom. The molecule has 7 nitrogen and oxygen atoms in total. The Morgan fingerprint density at radius 3 is 2.45 bits per heavy atom. The molecule has 3 heterocycles. The number of aryl methyl sites for hydroxylation is 1. The summed E-state index contributed by atoms with van der Waals surface area (Å²) in [5.41, 5.74) is 2.14. The molecule has 1 atom stereocenters. The van der Waals surface area contributed by atoms with E-state index in [0.717, 1.165) is 11.1 Å². The van der Waals surface area contributed by atoms with Crippen LogP contribution in [-0.2, 0) is 0 Å². The summed E-state index contributed by atoms with van der Waals surface area (Å²) in [5, 5.41) is 7.68. The molecule has 1 amide bonds. The molecule has 158 valence electrons. The Labute approximate surface area is 182 Å². The van der Waals surface area contributed by atoms with E-state index < -0.39 is 6.04 Å². The van der Waals surface area contributed by atoms with Gasteiger partial charge in [-0.15, -0.1) is 11.3 Å². The number of pyridine rings is 1. The van der Waals surface area contributed by atoms with Crippen LogP contribution >= 0.6 is 11.3 Å². The summed E-state index contributed by atoms with van der Waals surface area (Å²) < 4.78 is 18.7. The molecule has 1 aromatic carbocycles. The van der Waals surface area contributed by atoms with Gasteiger partial charge in [-0.25, -0.2) is 9.37 Å². The number of aromatic nitrogens is 4. The van der Waals surface area contributed by atoms with Crippen molar-refractivity contribution in [1.29, 1.82) is 0 Å². The van der Waals surface area contributed by atoms with E-state index in [1.807, 2.05) is 13.8 Å². The molecular weight excluding hydrogens is 417 g/mol. The summed E-state index contributed by atoms with van der Waals surface area (Å²) in [5.74, 6) is 0.187. The molecule has 3 aromatic heterocycles. The van der Waals surface area contributed by atoms with Crippen molar-refractivity contribution in [2.45, 2.75) is 26.8 Å². The van der Waals surface area contributed by atoms with Gasteiger partial charge in [-0.2, -0.15) is 4.98 Å². The van der Waals surface area contributed by atoms with Crippen molar-refractivity contribution in [3.8, 4) is 22.0 Å². The number of nitrogens with one attached hydrogen (secondary N) is 1. The van der Waals surface area contributed by atoms with Crippen LogP contribution < -0.4 is 5.32 Å². The molecule has 0 radical (unpaired) electrons. The highest BCUT2D eigenvalue weighted by Gasteiger charge is 2.27. The number of nitrogens with zero attached hydrogens (tertiary/aromatic N) is 4.